The second-order valence-electron chi connectivity index (χ2n) is 11.5. The van der Waals surface area contributed by atoms with Crippen molar-refractivity contribution in [2.24, 2.45) is 5.73 Å². The van der Waals surface area contributed by atoms with Gasteiger partial charge in [-0.2, -0.15) is 13.2 Å². The molecule has 0 aliphatic heterocycles. The molecule has 0 fully saturated rings. The van der Waals surface area contributed by atoms with E-state index in [0.717, 1.165) is 28.1 Å². The largest absolute Gasteiger partial charge is 0.416 e. The van der Waals surface area contributed by atoms with E-state index in [-0.39, 0.29) is 34.9 Å². The normalized spacial score (nSPS) is 13.9. The molecule has 10 nitrogen and oxygen atoms in total. The zero-order valence-corrected chi connectivity index (χ0v) is 29.9. The van der Waals surface area contributed by atoms with Crippen molar-refractivity contribution in [1.82, 2.24) is 10.6 Å². The van der Waals surface area contributed by atoms with Crippen molar-refractivity contribution in [3.63, 3.8) is 0 Å². The number of alkyl halides is 3. The van der Waals surface area contributed by atoms with Crippen LogP contribution in [0.1, 0.15) is 107 Å². The number of hydrogen-bond acceptors (Lipinski definition) is 6. The van der Waals surface area contributed by atoms with Gasteiger partial charge in [0.05, 0.1) is 11.1 Å². The molecule has 2 unspecified atom stereocenters. The van der Waals surface area contributed by atoms with E-state index in [0.29, 0.717) is 28.8 Å². The number of benzene rings is 3. The molecule has 16 heteroatoms. The highest BCUT2D eigenvalue weighted by molar-refractivity contribution is 7.79. The van der Waals surface area contributed by atoms with Gasteiger partial charge in [-0.15, -0.1) is 11.3 Å². The van der Waals surface area contributed by atoms with Gasteiger partial charge in [0, 0.05) is 32.7 Å². The number of halogens is 3. The first-order valence-electron chi connectivity index (χ1n) is 15.7. The van der Waals surface area contributed by atoms with Crippen LogP contribution >= 0.6 is 11.3 Å². The number of amides is 3. The minimum absolute atomic E-state index is 0.110. The Labute approximate surface area is 301 Å². The highest BCUT2D eigenvalue weighted by Crippen LogP contribution is 2.45. The highest BCUT2D eigenvalue weighted by Gasteiger charge is 2.32. The third-order valence-electron chi connectivity index (χ3n) is 8.29. The van der Waals surface area contributed by atoms with Gasteiger partial charge in [-0.3, -0.25) is 14.4 Å². The first kappa shape index (κ1) is 39.6. The van der Waals surface area contributed by atoms with E-state index in [2.05, 4.69) is 10.6 Å². The van der Waals surface area contributed by atoms with Gasteiger partial charge in [-0.1, -0.05) is 50.2 Å². The van der Waals surface area contributed by atoms with Gasteiger partial charge in [0.25, 0.3) is 11.8 Å². The van der Waals surface area contributed by atoms with Crippen LogP contribution in [0.5, 0.6) is 0 Å². The van der Waals surface area contributed by atoms with Crippen LogP contribution in [0.15, 0.2) is 72.8 Å². The Morgan fingerprint density at radius 1 is 0.745 bits per heavy atom. The van der Waals surface area contributed by atoms with Crippen LogP contribution in [0.4, 0.5) is 13.2 Å². The molecule has 3 aromatic carbocycles. The van der Waals surface area contributed by atoms with Crippen molar-refractivity contribution < 1.29 is 45.1 Å². The SMILES string of the molecule is CC[C@@H](c1ccc(C(=O)NCS(=O)O)cc1)c1sc([C@@H](CC)c2ccc(C(=O)NCS(=O)O)cc2)c(C(N)=O)c1Cc1ccc(C(F)(F)F)cc1. The second kappa shape index (κ2) is 17.3. The summed E-state index contributed by atoms with van der Waals surface area (Å²) in [5.41, 5.74) is 8.74. The van der Waals surface area contributed by atoms with Crippen molar-refractivity contribution >= 4 is 51.2 Å². The highest BCUT2D eigenvalue weighted by atomic mass is 32.2. The first-order chi connectivity index (χ1) is 24.1. The topological polar surface area (TPSA) is 176 Å². The zero-order chi connectivity index (χ0) is 37.5. The Morgan fingerprint density at radius 2 is 1.18 bits per heavy atom. The fourth-order valence-corrected chi connectivity index (χ4v) is 8.09. The monoisotopic (exact) mass is 763 g/mol. The van der Waals surface area contributed by atoms with E-state index in [1.165, 1.54) is 23.5 Å². The lowest BCUT2D eigenvalue weighted by Crippen LogP contribution is -2.26. The minimum atomic E-state index is -4.52. The Kier molecular flexibility index (Phi) is 13.4. The number of thiophene rings is 1. The van der Waals surface area contributed by atoms with Gasteiger partial charge in [0.1, 0.15) is 11.8 Å². The van der Waals surface area contributed by atoms with Crippen molar-refractivity contribution in [3.8, 4) is 0 Å². The summed E-state index contributed by atoms with van der Waals surface area (Å²) in [6.07, 6.45) is -3.34. The molecule has 1 aromatic heterocycles. The Morgan fingerprint density at radius 3 is 1.55 bits per heavy atom. The summed E-state index contributed by atoms with van der Waals surface area (Å²) < 4.78 is 80.1. The maximum Gasteiger partial charge on any atom is 0.416 e. The summed E-state index contributed by atoms with van der Waals surface area (Å²) in [5.74, 6) is -3.31. The second-order valence-corrected chi connectivity index (χ2v) is 14.5. The van der Waals surface area contributed by atoms with Crippen LogP contribution in [0, 0.1) is 0 Å². The molecule has 0 aliphatic rings. The van der Waals surface area contributed by atoms with Crippen LogP contribution in [0.3, 0.4) is 0 Å². The standard InChI is InChI=1S/C35H36F3N3O7S3/c1-3-26(21-7-11-23(12-8-21)33(43)40-18-50(45)46)30-28(17-20-5-15-25(16-6-20)35(36,37)38)29(32(39)42)31(49-30)27(4-2)22-9-13-24(14-10-22)34(44)41-19-51(47)48/h5-16,26-27H,3-4,17-19H2,1-2H3,(H2,39,42)(H,40,43)(H,41,44)(H,45,46)(H,47,48)/t26-,27-/m0/s1. The van der Waals surface area contributed by atoms with Crippen LogP contribution in [0.25, 0.3) is 0 Å². The van der Waals surface area contributed by atoms with Gasteiger partial charge in [-0.05, 0) is 77.9 Å². The summed E-state index contributed by atoms with van der Waals surface area (Å²) in [4.78, 5) is 39.7. The first-order valence-corrected chi connectivity index (χ1v) is 19.0. The fourth-order valence-electron chi connectivity index (χ4n) is 5.83. The summed E-state index contributed by atoms with van der Waals surface area (Å²) in [6, 6.07) is 18.0. The van der Waals surface area contributed by atoms with Crippen molar-refractivity contribution in [3.05, 3.63) is 127 Å². The maximum absolute atomic E-state index is 13.4. The number of nitrogens with two attached hydrogens (primary N) is 1. The molecule has 0 radical (unpaired) electrons. The molecule has 3 amide bonds. The van der Waals surface area contributed by atoms with Gasteiger partial charge >= 0.3 is 6.18 Å². The molecule has 4 rings (SSSR count). The van der Waals surface area contributed by atoms with Crippen LogP contribution in [-0.2, 0) is 34.8 Å². The summed E-state index contributed by atoms with van der Waals surface area (Å²) in [6.45, 7) is 3.87. The Balaban J connectivity index is 1.82. The third-order valence-corrected chi connectivity index (χ3v) is 10.5. The smallest absolute Gasteiger partial charge is 0.366 e. The fraction of sp³-hybridized carbons (Fsp3) is 0.286. The van der Waals surface area contributed by atoms with E-state index in [4.69, 9.17) is 14.8 Å². The number of hydrogen-bond donors (Lipinski definition) is 5. The Bertz CT molecular complexity index is 1910. The molecule has 0 aliphatic carbocycles. The molecule has 4 atom stereocenters. The Hall–Kier alpha value is -4.22. The predicted octanol–water partition coefficient (Wildman–Crippen LogP) is 6.36. The molecular weight excluding hydrogens is 728 g/mol. The number of rotatable bonds is 15. The minimum Gasteiger partial charge on any atom is -0.366 e. The van der Waals surface area contributed by atoms with Crippen LogP contribution < -0.4 is 16.4 Å². The van der Waals surface area contributed by atoms with E-state index < -0.39 is 63.4 Å². The van der Waals surface area contributed by atoms with Crippen molar-refractivity contribution in [2.45, 2.75) is 51.1 Å². The molecule has 272 valence electrons. The molecule has 0 saturated heterocycles. The van der Waals surface area contributed by atoms with Gasteiger partial charge in [-0.25, -0.2) is 8.42 Å². The molecule has 0 bridgehead atoms. The quantitative estimate of drug-likeness (QED) is 0.0876. The van der Waals surface area contributed by atoms with E-state index in [9.17, 15) is 36.0 Å². The lowest BCUT2D eigenvalue weighted by Gasteiger charge is -2.18. The molecular formula is C35H36F3N3O7S3. The summed E-state index contributed by atoms with van der Waals surface area (Å²) in [7, 11) is 0. The number of carbonyl (C=O) groups excluding carboxylic acids is 3. The van der Waals surface area contributed by atoms with Gasteiger partial charge in [0.15, 0.2) is 22.2 Å². The van der Waals surface area contributed by atoms with E-state index >= 15 is 0 Å². The molecule has 6 N–H and O–H groups in total. The lowest BCUT2D eigenvalue weighted by atomic mass is 9.86. The predicted molar refractivity (Wildman–Crippen MR) is 190 cm³/mol. The molecule has 0 saturated carbocycles. The van der Waals surface area contributed by atoms with E-state index in [1.807, 2.05) is 13.8 Å². The van der Waals surface area contributed by atoms with E-state index in [1.54, 1.807) is 48.5 Å². The van der Waals surface area contributed by atoms with Crippen LogP contribution in [0.2, 0.25) is 0 Å². The van der Waals surface area contributed by atoms with Gasteiger partial charge < -0.3 is 25.5 Å². The summed E-state index contributed by atoms with van der Waals surface area (Å²) >= 11 is -3.05. The van der Waals surface area contributed by atoms with Crippen molar-refractivity contribution in [2.75, 3.05) is 11.8 Å². The lowest BCUT2D eigenvalue weighted by molar-refractivity contribution is -0.137. The summed E-state index contributed by atoms with van der Waals surface area (Å²) in [5, 5.41) is 4.73. The number of primary amides is 1. The molecule has 0 spiro atoms. The number of carbonyl (C=O) groups is 3. The van der Waals surface area contributed by atoms with Gasteiger partial charge in [0.2, 0.25) is 5.91 Å². The average Bonchev–Trinajstić information content (AvgIpc) is 3.45. The maximum atomic E-state index is 13.4. The number of nitrogens with one attached hydrogen (secondary N) is 2. The molecule has 4 aromatic rings. The third kappa shape index (κ3) is 9.98. The molecule has 1 heterocycles. The molecule has 51 heavy (non-hydrogen) atoms. The average molecular weight is 764 g/mol. The van der Waals surface area contributed by atoms with Crippen molar-refractivity contribution in [1.29, 1.82) is 0 Å². The zero-order valence-electron chi connectivity index (χ0n) is 27.5. The van der Waals surface area contributed by atoms with Crippen LogP contribution in [-0.4, -0.2) is 47.0 Å².